The van der Waals surface area contributed by atoms with Gasteiger partial charge in [0.15, 0.2) is 0 Å². The Kier molecular flexibility index (Phi) is 3.36. The molecule has 0 atom stereocenters. The lowest BCUT2D eigenvalue weighted by molar-refractivity contribution is 0.0473. The van der Waals surface area contributed by atoms with Crippen molar-refractivity contribution < 1.29 is 9.53 Å². The Morgan fingerprint density at radius 1 is 1.24 bits per heavy atom. The molecule has 1 aromatic heterocycles. The van der Waals surface area contributed by atoms with Crippen LogP contribution in [0.25, 0.3) is 10.9 Å². The van der Waals surface area contributed by atoms with Crippen LogP contribution in [0.15, 0.2) is 48.7 Å². The van der Waals surface area contributed by atoms with Gasteiger partial charge >= 0.3 is 5.97 Å². The second-order valence-electron chi connectivity index (χ2n) is 4.56. The van der Waals surface area contributed by atoms with Gasteiger partial charge in [0.25, 0.3) is 0 Å². The van der Waals surface area contributed by atoms with E-state index in [2.05, 4.69) is 10.2 Å². The number of nitrogens with one attached hydrogen (secondary N) is 1. The van der Waals surface area contributed by atoms with Crippen molar-refractivity contribution in [1.82, 2.24) is 10.2 Å². The van der Waals surface area contributed by atoms with Crippen molar-refractivity contribution in [3.63, 3.8) is 0 Å². The van der Waals surface area contributed by atoms with E-state index in [1.54, 1.807) is 42.6 Å². The molecule has 2 aromatic carbocycles. The third-order valence-corrected chi connectivity index (χ3v) is 3.13. The van der Waals surface area contributed by atoms with Gasteiger partial charge in [-0.05, 0) is 29.8 Å². The average Bonchev–Trinajstić information content (AvgIpc) is 3.00. The van der Waals surface area contributed by atoms with E-state index in [1.165, 1.54) is 0 Å². The molecule has 0 spiro atoms. The second kappa shape index (κ2) is 5.47. The number of aromatic amines is 1. The van der Waals surface area contributed by atoms with Crippen LogP contribution in [0.2, 0.25) is 0 Å². The van der Waals surface area contributed by atoms with Gasteiger partial charge in [-0.25, -0.2) is 4.79 Å². The first-order chi connectivity index (χ1) is 10.3. The predicted molar refractivity (Wildman–Crippen MR) is 76.4 cm³/mol. The number of benzene rings is 2. The molecule has 5 heteroatoms. The minimum Gasteiger partial charge on any atom is -0.457 e. The van der Waals surface area contributed by atoms with Gasteiger partial charge in [-0.2, -0.15) is 10.4 Å². The van der Waals surface area contributed by atoms with Gasteiger partial charge in [0.2, 0.25) is 0 Å². The molecule has 1 heterocycles. The van der Waals surface area contributed by atoms with E-state index in [4.69, 9.17) is 10.00 Å². The molecular formula is C16H11N3O2. The number of rotatable bonds is 3. The monoisotopic (exact) mass is 277 g/mol. The number of H-pyrrole nitrogens is 1. The van der Waals surface area contributed by atoms with E-state index < -0.39 is 5.97 Å². The smallest absolute Gasteiger partial charge is 0.338 e. The number of hydrogen-bond acceptors (Lipinski definition) is 4. The molecule has 0 amide bonds. The molecule has 0 aliphatic carbocycles. The molecule has 1 N–H and O–H groups in total. The van der Waals surface area contributed by atoms with E-state index >= 15 is 0 Å². The van der Waals surface area contributed by atoms with Crippen molar-refractivity contribution >= 4 is 16.9 Å². The largest absolute Gasteiger partial charge is 0.457 e. The van der Waals surface area contributed by atoms with Gasteiger partial charge in [0.1, 0.15) is 6.61 Å². The number of esters is 1. The van der Waals surface area contributed by atoms with E-state index in [0.717, 1.165) is 16.5 Å². The highest BCUT2D eigenvalue weighted by atomic mass is 16.5. The van der Waals surface area contributed by atoms with Crippen molar-refractivity contribution in [2.24, 2.45) is 0 Å². The maximum Gasteiger partial charge on any atom is 0.338 e. The lowest BCUT2D eigenvalue weighted by Gasteiger charge is -2.05. The molecule has 0 bridgehead atoms. The minimum atomic E-state index is -0.393. The van der Waals surface area contributed by atoms with Crippen LogP contribution in [0.1, 0.15) is 21.5 Å². The Labute approximate surface area is 120 Å². The molecular weight excluding hydrogens is 266 g/mol. The molecule has 0 saturated carbocycles. The zero-order valence-corrected chi connectivity index (χ0v) is 11.0. The summed E-state index contributed by atoms with van der Waals surface area (Å²) in [6.45, 7) is 0.172. The Hall–Kier alpha value is -3.13. The Balaban J connectivity index is 1.69. The zero-order chi connectivity index (χ0) is 14.7. The number of carbonyl (C=O) groups is 1. The van der Waals surface area contributed by atoms with Crippen LogP contribution < -0.4 is 0 Å². The third-order valence-electron chi connectivity index (χ3n) is 3.13. The molecule has 3 aromatic rings. The number of nitriles is 1. The standard InChI is InChI=1S/C16H11N3O2/c17-8-11-1-3-12(4-2-11)10-21-16(20)13-5-6-14-9-18-19-15(14)7-13/h1-7,9H,10H2,(H,18,19). The minimum absolute atomic E-state index is 0.172. The predicted octanol–water partition coefficient (Wildman–Crippen LogP) is 2.79. The van der Waals surface area contributed by atoms with Gasteiger partial charge in [-0.1, -0.05) is 18.2 Å². The van der Waals surface area contributed by atoms with Crippen LogP contribution in [0.5, 0.6) is 0 Å². The molecule has 0 aliphatic rings. The fourth-order valence-electron chi connectivity index (χ4n) is 1.97. The van der Waals surface area contributed by atoms with Crippen LogP contribution in [0.4, 0.5) is 0 Å². The fourth-order valence-corrected chi connectivity index (χ4v) is 1.97. The summed E-state index contributed by atoms with van der Waals surface area (Å²) in [5.41, 5.74) is 2.68. The van der Waals surface area contributed by atoms with Crippen LogP contribution in [0.3, 0.4) is 0 Å². The van der Waals surface area contributed by atoms with Crippen molar-refractivity contribution in [2.75, 3.05) is 0 Å². The Morgan fingerprint density at radius 2 is 2.05 bits per heavy atom. The summed E-state index contributed by atoms with van der Waals surface area (Å²) in [4.78, 5) is 12.0. The van der Waals surface area contributed by atoms with Crippen LogP contribution >= 0.6 is 0 Å². The molecule has 102 valence electrons. The van der Waals surface area contributed by atoms with E-state index in [9.17, 15) is 4.79 Å². The molecule has 5 nitrogen and oxygen atoms in total. The summed E-state index contributed by atoms with van der Waals surface area (Å²) < 4.78 is 5.26. The van der Waals surface area contributed by atoms with Gasteiger partial charge in [0.05, 0.1) is 28.9 Å². The Bertz CT molecular complexity index is 829. The SMILES string of the molecule is N#Cc1ccc(COC(=O)c2ccc3cn[nH]c3c2)cc1. The first kappa shape index (κ1) is 12.9. The molecule has 0 saturated heterocycles. The normalized spacial score (nSPS) is 10.2. The van der Waals surface area contributed by atoms with Gasteiger partial charge in [-0.3, -0.25) is 5.10 Å². The molecule has 21 heavy (non-hydrogen) atoms. The second-order valence-corrected chi connectivity index (χ2v) is 4.56. The summed E-state index contributed by atoms with van der Waals surface area (Å²) >= 11 is 0. The van der Waals surface area contributed by atoms with E-state index in [0.29, 0.717) is 11.1 Å². The van der Waals surface area contributed by atoms with Crippen LogP contribution in [-0.4, -0.2) is 16.2 Å². The third kappa shape index (κ3) is 2.74. The van der Waals surface area contributed by atoms with Gasteiger partial charge in [0, 0.05) is 5.39 Å². The number of aromatic nitrogens is 2. The number of hydrogen-bond donors (Lipinski definition) is 1. The lowest BCUT2D eigenvalue weighted by Crippen LogP contribution is -2.05. The lowest BCUT2D eigenvalue weighted by atomic mass is 10.1. The number of ether oxygens (including phenoxy) is 1. The maximum absolute atomic E-state index is 12.0. The first-order valence-electron chi connectivity index (χ1n) is 6.35. The topological polar surface area (TPSA) is 78.8 Å². The quantitative estimate of drug-likeness (QED) is 0.746. The van der Waals surface area contributed by atoms with Crippen molar-refractivity contribution in [3.05, 3.63) is 65.4 Å². The molecule has 0 fully saturated rings. The maximum atomic E-state index is 12.0. The summed E-state index contributed by atoms with van der Waals surface area (Å²) in [6, 6.07) is 14.2. The number of fused-ring (bicyclic) bond motifs is 1. The van der Waals surface area contributed by atoms with Crippen LogP contribution in [-0.2, 0) is 11.3 Å². The fraction of sp³-hybridized carbons (Fsp3) is 0.0625. The molecule has 0 radical (unpaired) electrons. The molecule has 3 rings (SSSR count). The number of nitrogens with zero attached hydrogens (tertiary/aromatic N) is 2. The van der Waals surface area contributed by atoms with Crippen molar-refractivity contribution in [2.45, 2.75) is 6.61 Å². The first-order valence-corrected chi connectivity index (χ1v) is 6.35. The molecule has 0 aliphatic heterocycles. The molecule has 0 unspecified atom stereocenters. The van der Waals surface area contributed by atoms with Gasteiger partial charge < -0.3 is 4.74 Å². The van der Waals surface area contributed by atoms with Crippen molar-refractivity contribution in [3.8, 4) is 6.07 Å². The summed E-state index contributed by atoms with van der Waals surface area (Å²) in [5.74, 6) is -0.393. The summed E-state index contributed by atoms with van der Waals surface area (Å²) in [7, 11) is 0. The Morgan fingerprint density at radius 3 is 2.81 bits per heavy atom. The highest BCUT2D eigenvalue weighted by Gasteiger charge is 2.09. The van der Waals surface area contributed by atoms with E-state index in [1.807, 2.05) is 12.1 Å². The summed E-state index contributed by atoms with van der Waals surface area (Å²) in [5, 5.41) is 16.4. The zero-order valence-electron chi connectivity index (χ0n) is 11.0. The van der Waals surface area contributed by atoms with Gasteiger partial charge in [-0.15, -0.1) is 0 Å². The number of carbonyl (C=O) groups excluding carboxylic acids is 1. The van der Waals surface area contributed by atoms with Crippen molar-refractivity contribution in [1.29, 1.82) is 5.26 Å². The highest BCUT2D eigenvalue weighted by Crippen LogP contribution is 2.14. The summed E-state index contributed by atoms with van der Waals surface area (Å²) in [6.07, 6.45) is 1.70. The van der Waals surface area contributed by atoms with E-state index in [-0.39, 0.29) is 6.61 Å². The average molecular weight is 277 g/mol. The highest BCUT2D eigenvalue weighted by molar-refractivity contribution is 5.94. The van der Waals surface area contributed by atoms with Crippen LogP contribution in [0, 0.1) is 11.3 Å².